The molecular formula is C15H15BrO. The molecule has 0 amide bonds. The van der Waals surface area contributed by atoms with Gasteiger partial charge in [0.2, 0.25) is 0 Å². The van der Waals surface area contributed by atoms with E-state index in [-0.39, 0.29) is 6.61 Å². The Kier molecular flexibility index (Phi) is 3.65. The summed E-state index contributed by atoms with van der Waals surface area (Å²) in [6, 6.07) is 12.2. The topological polar surface area (TPSA) is 20.2 Å². The SMILES string of the molecule is Cc1c(Br)ccc(-c2cccc(CO)c2)c1C. The van der Waals surface area contributed by atoms with Crippen LogP contribution >= 0.6 is 15.9 Å². The fourth-order valence-electron chi connectivity index (χ4n) is 1.94. The molecule has 88 valence electrons. The molecule has 1 nitrogen and oxygen atoms in total. The standard InChI is InChI=1S/C15H15BrO/c1-10-11(2)15(16)7-6-14(10)13-5-3-4-12(8-13)9-17/h3-8,17H,9H2,1-2H3. The Hall–Kier alpha value is -1.12. The van der Waals surface area contributed by atoms with Crippen molar-refractivity contribution in [1.82, 2.24) is 0 Å². The first-order valence-electron chi connectivity index (χ1n) is 5.59. The summed E-state index contributed by atoms with van der Waals surface area (Å²) in [6.07, 6.45) is 0. The number of halogens is 1. The third-order valence-electron chi connectivity index (χ3n) is 3.14. The second-order valence-corrected chi connectivity index (χ2v) is 5.06. The van der Waals surface area contributed by atoms with Gasteiger partial charge in [-0.1, -0.05) is 40.2 Å². The van der Waals surface area contributed by atoms with Crippen molar-refractivity contribution in [3.63, 3.8) is 0 Å². The van der Waals surface area contributed by atoms with E-state index in [0.29, 0.717) is 0 Å². The van der Waals surface area contributed by atoms with Gasteiger partial charge in [-0.15, -0.1) is 0 Å². The van der Waals surface area contributed by atoms with E-state index < -0.39 is 0 Å². The first-order chi connectivity index (χ1) is 8.13. The quantitative estimate of drug-likeness (QED) is 0.878. The van der Waals surface area contributed by atoms with Crippen LogP contribution in [0.5, 0.6) is 0 Å². The number of aliphatic hydroxyl groups excluding tert-OH is 1. The molecule has 0 aliphatic carbocycles. The fourth-order valence-corrected chi connectivity index (χ4v) is 2.37. The van der Waals surface area contributed by atoms with Gasteiger partial charge in [0, 0.05) is 4.47 Å². The minimum atomic E-state index is 0.0857. The molecule has 0 fully saturated rings. The van der Waals surface area contributed by atoms with E-state index in [2.05, 4.69) is 48.0 Å². The molecule has 2 aromatic carbocycles. The highest BCUT2D eigenvalue weighted by atomic mass is 79.9. The molecule has 2 heteroatoms. The van der Waals surface area contributed by atoms with Gasteiger partial charge in [-0.3, -0.25) is 0 Å². The van der Waals surface area contributed by atoms with Crippen molar-refractivity contribution in [3.8, 4) is 11.1 Å². The molecule has 0 saturated heterocycles. The first-order valence-corrected chi connectivity index (χ1v) is 6.38. The van der Waals surface area contributed by atoms with E-state index in [0.717, 1.165) is 15.6 Å². The summed E-state index contributed by atoms with van der Waals surface area (Å²) in [4.78, 5) is 0. The third-order valence-corrected chi connectivity index (χ3v) is 4.00. The van der Waals surface area contributed by atoms with Gasteiger partial charge in [0.25, 0.3) is 0 Å². The third kappa shape index (κ3) is 2.43. The molecule has 17 heavy (non-hydrogen) atoms. The van der Waals surface area contributed by atoms with Gasteiger partial charge in [-0.25, -0.2) is 0 Å². The van der Waals surface area contributed by atoms with Crippen molar-refractivity contribution >= 4 is 15.9 Å². The molecule has 0 radical (unpaired) electrons. The maximum atomic E-state index is 9.17. The van der Waals surface area contributed by atoms with E-state index in [1.54, 1.807) is 0 Å². The van der Waals surface area contributed by atoms with Crippen molar-refractivity contribution in [2.24, 2.45) is 0 Å². The summed E-state index contributed by atoms with van der Waals surface area (Å²) in [5.74, 6) is 0. The Balaban J connectivity index is 2.56. The Morgan fingerprint density at radius 3 is 2.53 bits per heavy atom. The van der Waals surface area contributed by atoms with E-state index in [1.807, 2.05) is 18.2 Å². The van der Waals surface area contributed by atoms with Gasteiger partial charge >= 0.3 is 0 Å². The van der Waals surface area contributed by atoms with Crippen LogP contribution in [0.3, 0.4) is 0 Å². The highest BCUT2D eigenvalue weighted by molar-refractivity contribution is 9.10. The Morgan fingerprint density at radius 1 is 1.06 bits per heavy atom. The molecule has 0 bridgehead atoms. The van der Waals surface area contributed by atoms with Crippen LogP contribution in [0.25, 0.3) is 11.1 Å². The summed E-state index contributed by atoms with van der Waals surface area (Å²) in [5, 5.41) is 9.17. The van der Waals surface area contributed by atoms with Crippen molar-refractivity contribution < 1.29 is 5.11 Å². The molecule has 1 N–H and O–H groups in total. The number of hydrogen-bond donors (Lipinski definition) is 1. The smallest absolute Gasteiger partial charge is 0.0682 e. The lowest BCUT2D eigenvalue weighted by Crippen LogP contribution is -1.90. The maximum Gasteiger partial charge on any atom is 0.0682 e. The van der Waals surface area contributed by atoms with E-state index in [4.69, 9.17) is 5.11 Å². The molecule has 0 aromatic heterocycles. The van der Waals surface area contributed by atoms with Crippen LogP contribution in [0.2, 0.25) is 0 Å². The minimum absolute atomic E-state index is 0.0857. The van der Waals surface area contributed by atoms with Crippen LogP contribution in [0.15, 0.2) is 40.9 Å². The van der Waals surface area contributed by atoms with E-state index >= 15 is 0 Å². The first kappa shape index (κ1) is 12.3. The van der Waals surface area contributed by atoms with Gasteiger partial charge < -0.3 is 5.11 Å². The predicted octanol–water partition coefficient (Wildman–Crippen LogP) is 4.23. The van der Waals surface area contributed by atoms with Crippen LogP contribution in [-0.2, 0) is 6.61 Å². The highest BCUT2D eigenvalue weighted by Crippen LogP contribution is 2.30. The number of rotatable bonds is 2. The van der Waals surface area contributed by atoms with Gasteiger partial charge in [-0.05, 0) is 53.8 Å². The Morgan fingerprint density at radius 2 is 1.82 bits per heavy atom. The zero-order chi connectivity index (χ0) is 12.4. The molecule has 0 heterocycles. The maximum absolute atomic E-state index is 9.17. The van der Waals surface area contributed by atoms with Crippen LogP contribution in [0.4, 0.5) is 0 Å². The molecule has 2 aromatic rings. The van der Waals surface area contributed by atoms with Crippen LogP contribution in [-0.4, -0.2) is 5.11 Å². The number of benzene rings is 2. The molecule has 0 spiro atoms. The van der Waals surface area contributed by atoms with Gasteiger partial charge in [0.1, 0.15) is 0 Å². The molecule has 0 aliphatic heterocycles. The minimum Gasteiger partial charge on any atom is -0.392 e. The highest BCUT2D eigenvalue weighted by Gasteiger charge is 2.06. The van der Waals surface area contributed by atoms with Crippen molar-refractivity contribution in [2.45, 2.75) is 20.5 Å². The van der Waals surface area contributed by atoms with E-state index in [1.165, 1.54) is 16.7 Å². The Labute approximate surface area is 110 Å². The number of aliphatic hydroxyl groups is 1. The summed E-state index contributed by atoms with van der Waals surface area (Å²) < 4.78 is 1.14. The number of hydrogen-bond acceptors (Lipinski definition) is 1. The van der Waals surface area contributed by atoms with Gasteiger partial charge in [0.15, 0.2) is 0 Å². The molecule has 0 atom stereocenters. The summed E-state index contributed by atoms with van der Waals surface area (Å²) >= 11 is 3.54. The monoisotopic (exact) mass is 290 g/mol. The molecule has 0 aliphatic rings. The average molecular weight is 291 g/mol. The molecule has 0 saturated carbocycles. The van der Waals surface area contributed by atoms with Crippen LogP contribution in [0.1, 0.15) is 16.7 Å². The van der Waals surface area contributed by atoms with E-state index in [9.17, 15) is 0 Å². The second-order valence-electron chi connectivity index (χ2n) is 4.20. The largest absolute Gasteiger partial charge is 0.392 e. The average Bonchev–Trinajstić information content (AvgIpc) is 2.36. The van der Waals surface area contributed by atoms with Crippen molar-refractivity contribution in [1.29, 1.82) is 0 Å². The van der Waals surface area contributed by atoms with Crippen LogP contribution < -0.4 is 0 Å². The second kappa shape index (κ2) is 5.03. The lowest BCUT2D eigenvalue weighted by atomic mass is 9.96. The van der Waals surface area contributed by atoms with Crippen LogP contribution in [0, 0.1) is 13.8 Å². The lowest BCUT2D eigenvalue weighted by molar-refractivity contribution is 0.282. The van der Waals surface area contributed by atoms with Crippen molar-refractivity contribution in [2.75, 3.05) is 0 Å². The zero-order valence-electron chi connectivity index (χ0n) is 10.00. The normalized spacial score (nSPS) is 10.6. The molecule has 0 unspecified atom stereocenters. The predicted molar refractivity (Wildman–Crippen MR) is 75.0 cm³/mol. The molecular weight excluding hydrogens is 276 g/mol. The Bertz CT molecular complexity index is 547. The fraction of sp³-hybridized carbons (Fsp3) is 0.200. The lowest BCUT2D eigenvalue weighted by Gasteiger charge is -2.11. The van der Waals surface area contributed by atoms with Crippen molar-refractivity contribution in [3.05, 3.63) is 57.6 Å². The molecule has 2 rings (SSSR count). The summed E-state index contributed by atoms with van der Waals surface area (Å²) in [6.45, 7) is 4.32. The van der Waals surface area contributed by atoms with Gasteiger partial charge in [-0.2, -0.15) is 0 Å². The zero-order valence-corrected chi connectivity index (χ0v) is 11.6. The van der Waals surface area contributed by atoms with Gasteiger partial charge in [0.05, 0.1) is 6.61 Å². The summed E-state index contributed by atoms with van der Waals surface area (Å²) in [7, 11) is 0. The summed E-state index contributed by atoms with van der Waals surface area (Å²) in [5.41, 5.74) is 5.86.